The first-order valence-corrected chi connectivity index (χ1v) is 12.3. The van der Waals surface area contributed by atoms with Crippen LogP contribution in [0.15, 0.2) is 77.7 Å². The summed E-state index contributed by atoms with van der Waals surface area (Å²) < 4.78 is 27.9. The normalized spacial score (nSPS) is 12.2. The van der Waals surface area contributed by atoms with Gasteiger partial charge in [-0.05, 0) is 43.2 Å². The highest BCUT2D eigenvalue weighted by atomic mass is 35.5. The van der Waals surface area contributed by atoms with E-state index in [0.29, 0.717) is 6.42 Å². The van der Waals surface area contributed by atoms with Gasteiger partial charge in [-0.25, -0.2) is 8.42 Å². The van der Waals surface area contributed by atoms with E-state index in [-0.39, 0.29) is 26.7 Å². The number of carbonyl (C=O) groups is 1. The molecule has 0 heterocycles. The summed E-state index contributed by atoms with van der Waals surface area (Å²) in [4.78, 5) is 13.1. The molecule has 32 heavy (non-hydrogen) atoms. The standard InChI is InChI=1S/C24H24Cl2N2O3S/c1-3-21(18-14-12-17(2)13-15-18)27-23(29)16-28(22-11-7-10-20(25)24(22)26)32(30,31)19-8-5-4-6-9-19/h4-15,21H,3,16H2,1-2H3,(H,27,29)/t21-/m0/s1. The van der Waals surface area contributed by atoms with Crippen LogP contribution in [0.1, 0.15) is 30.5 Å². The van der Waals surface area contributed by atoms with Gasteiger partial charge >= 0.3 is 0 Å². The number of rotatable bonds is 8. The molecule has 0 fully saturated rings. The number of hydrogen-bond donors (Lipinski definition) is 1. The third-order valence-electron chi connectivity index (χ3n) is 5.04. The molecule has 0 aliphatic heterocycles. The quantitative estimate of drug-likeness (QED) is 0.436. The molecule has 0 aliphatic carbocycles. The second kappa shape index (κ2) is 10.4. The van der Waals surface area contributed by atoms with Crippen LogP contribution in [-0.4, -0.2) is 20.9 Å². The number of benzene rings is 3. The minimum Gasteiger partial charge on any atom is -0.348 e. The maximum absolute atomic E-state index is 13.4. The van der Waals surface area contributed by atoms with Crippen molar-refractivity contribution in [2.24, 2.45) is 0 Å². The van der Waals surface area contributed by atoms with Crippen LogP contribution in [0.4, 0.5) is 5.69 Å². The molecular formula is C24H24Cl2N2O3S. The second-order valence-corrected chi connectivity index (χ2v) is 9.98. The van der Waals surface area contributed by atoms with Gasteiger partial charge in [0.05, 0.1) is 26.7 Å². The Morgan fingerprint density at radius 3 is 2.25 bits per heavy atom. The van der Waals surface area contributed by atoms with Gasteiger partial charge in [0.1, 0.15) is 6.54 Å². The van der Waals surface area contributed by atoms with Crippen molar-refractivity contribution >= 4 is 44.8 Å². The number of amides is 1. The van der Waals surface area contributed by atoms with E-state index in [2.05, 4.69) is 5.32 Å². The van der Waals surface area contributed by atoms with Crippen LogP contribution in [0.5, 0.6) is 0 Å². The first-order chi connectivity index (χ1) is 15.2. The zero-order valence-electron chi connectivity index (χ0n) is 17.8. The average molecular weight is 491 g/mol. The fourth-order valence-corrected chi connectivity index (χ4v) is 5.20. The summed E-state index contributed by atoms with van der Waals surface area (Å²) in [6.45, 7) is 3.50. The van der Waals surface area contributed by atoms with Crippen LogP contribution in [0.2, 0.25) is 10.0 Å². The molecule has 1 amide bonds. The molecule has 0 saturated carbocycles. The SMILES string of the molecule is CC[C@H](NC(=O)CN(c1cccc(Cl)c1Cl)S(=O)(=O)c1ccccc1)c1ccc(C)cc1. The predicted molar refractivity (Wildman–Crippen MR) is 130 cm³/mol. The second-order valence-electron chi connectivity index (χ2n) is 7.34. The zero-order valence-corrected chi connectivity index (χ0v) is 20.1. The van der Waals surface area contributed by atoms with E-state index in [1.807, 2.05) is 38.1 Å². The Morgan fingerprint density at radius 2 is 1.62 bits per heavy atom. The summed E-state index contributed by atoms with van der Waals surface area (Å²) >= 11 is 12.5. The smallest absolute Gasteiger partial charge is 0.264 e. The molecule has 0 unspecified atom stereocenters. The minimum atomic E-state index is -4.07. The minimum absolute atomic E-state index is 0.0504. The van der Waals surface area contributed by atoms with Crippen molar-refractivity contribution in [1.29, 1.82) is 0 Å². The van der Waals surface area contributed by atoms with Gasteiger partial charge in [0.25, 0.3) is 10.0 Å². The molecule has 0 aliphatic rings. The Balaban J connectivity index is 1.94. The first kappa shape index (κ1) is 24.1. The lowest BCUT2D eigenvalue weighted by Crippen LogP contribution is -2.42. The van der Waals surface area contributed by atoms with Gasteiger partial charge < -0.3 is 5.32 Å². The number of sulfonamides is 1. The predicted octanol–water partition coefficient (Wildman–Crippen LogP) is 5.76. The lowest BCUT2D eigenvalue weighted by Gasteiger charge is -2.26. The topological polar surface area (TPSA) is 66.5 Å². The molecule has 0 spiro atoms. The van der Waals surface area contributed by atoms with E-state index in [0.717, 1.165) is 15.4 Å². The fourth-order valence-electron chi connectivity index (χ4n) is 3.29. The van der Waals surface area contributed by atoms with Gasteiger partial charge in [-0.15, -0.1) is 0 Å². The highest BCUT2D eigenvalue weighted by molar-refractivity contribution is 7.92. The zero-order chi connectivity index (χ0) is 23.3. The summed E-state index contributed by atoms with van der Waals surface area (Å²) in [6.07, 6.45) is 0.651. The van der Waals surface area contributed by atoms with Crippen molar-refractivity contribution in [2.45, 2.75) is 31.2 Å². The number of halogens is 2. The molecule has 1 N–H and O–H groups in total. The molecule has 3 aromatic carbocycles. The van der Waals surface area contributed by atoms with Gasteiger partial charge in [0, 0.05) is 0 Å². The van der Waals surface area contributed by atoms with E-state index < -0.39 is 22.5 Å². The van der Waals surface area contributed by atoms with Crippen molar-refractivity contribution in [3.8, 4) is 0 Å². The van der Waals surface area contributed by atoms with Gasteiger partial charge in [-0.1, -0.05) is 84.2 Å². The molecule has 0 radical (unpaired) electrons. The molecule has 3 aromatic rings. The van der Waals surface area contributed by atoms with Crippen molar-refractivity contribution in [1.82, 2.24) is 5.32 Å². The fraction of sp³-hybridized carbons (Fsp3) is 0.208. The van der Waals surface area contributed by atoms with Crippen LogP contribution in [0, 0.1) is 6.92 Å². The molecule has 0 saturated heterocycles. The Morgan fingerprint density at radius 1 is 0.969 bits per heavy atom. The number of aryl methyl sites for hydroxylation is 1. The van der Waals surface area contributed by atoms with Crippen molar-refractivity contribution < 1.29 is 13.2 Å². The van der Waals surface area contributed by atoms with E-state index >= 15 is 0 Å². The number of anilines is 1. The highest BCUT2D eigenvalue weighted by Gasteiger charge is 2.29. The molecule has 0 bridgehead atoms. The number of carbonyl (C=O) groups excluding carboxylic acids is 1. The van der Waals surface area contributed by atoms with Crippen molar-refractivity contribution in [3.63, 3.8) is 0 Å². The summed E-state index contributed by atoms with van der Waals surface area (Å²) in [6, 6.07) is 20.2. The van der Waals surface area contributed by atoms with Crippen LogP contribution < -0.4 is 9.62 Å². The molecule has 1 atom stereocenters. The largest absolute Gasteiger partial charge is 0.348 e. The molecule has 5 nitrogen and oxygen atoms in total. The van der Waals surface area contributed by atoms with Crippen LogP contribution in [0.25, 0.3) is 0 Å². The third kappa shape index (κ3) is 5.44. The van der Waals surface area contributed by atoms with E-state index in [1.165, 1.54) is 18.2 Å². The summed E-state index contributed by atoms with van der Waals surface area (Å²) in [5.41, 5.74) is 2.21. The van der Waals surface area contributed by atoms with Crippen LogP contribution in [0.3, 0.4) is 0 Å². The molecule has 3 rings (SSSR count). The van der Waals surface area contributed by atoms with Crippen LogP contribution >= 0.6 is 23.2 Å². The first-order valence-electron chi connectivity index (χ1n) is 10.1. The van der Waals surface area contributed by atoms with Gasteiger partial charge in [0.2, 0.25) is 5.91 Å². The Bertz CT molecular complexity index is 1180. The maximum atomic E-state index is 13.4. The number of hydrogen-bond acceptors (Lipinski definition) is 3. The van der Waals surface area contributed by atoms with Gasteiger partial charge in [-0.2, -0.15) is 0 Å². The maximum Gasteiger partial charge on any atom is 0.264 e. The van der Waals surface area contributed by atoms with Crippen molar-refractivity contribution in [3.05, 3.63) is 94.0 Å². The van der Waals surface area contributed by atoms with E-state index in [4.69, 9.17) is 23.2 Å². The summed E-state index contributed by atoms with van der Waals surface area (Å²) in [5, 5.41) is 3.20. The lowest BCUT2D eigenvalue weighted by atomic mass is 10.0. The molecule has 0 aromatic heterocycles. The Labute approximate surface area is 199 Å². The third-order valence-corrected chi connectivity index (χ3v) is 7.62. The Hall–Kier alpha value is -2.54. The molecule has 168 valence electrons. The average Bonchev–Trinajstić information content (AvgIpc) is 2.79. The molecule has 8 heteroatoms. The van der Waals surface area contributed by atoms with Crippen molar-refractivity contribution in [2.75, 3.05) is 10.8 Å². The van der Waals surface area contributed by atoms with Gasteiger partial charge in [0.15, 0.2) is 0 Å². The number of nitrogens with zero attached hydrogens (tertiary/aromatic N) is 1. The summed E-state index contributed by atoms with van der Waals surface area (Å²) in [7, 11) is -4.07. The lowest BCUT2D eigenvalue weighted by molar-refractivity contribution is -0.120. The summed E-state index contributed by atoms with van der Waals surface area (Å²) in [5.74, 6) is -0.451. The highest BCUT2D eigenvalue weighted by Crippen LogP contribution is 2.35. The molecular weight excluding hydrogens is 467 g/mol. The van der Waals surface area contributed by atoms with Crippen LogP contribution in [-0.2, 0) is 14.8 Å². The Kier molecular flexibility index (Phi) is 7.82. The number of nitrogens with one attached hydrogen (secondary N) is 1. The van der Waals surface area contributed by atoms with E-state index in [9.17, 15) is 13.2 Å². The monoisotopic (exact) mass is 490 g/mol. The van der Waals surface area contributed by atoms with Gasteiger partial charge in [-0.3, -0.25) is 9.10 Å². The van der Waals surface area contributed by atoms with E-state index in [1.54, 1.807) is 30.3 Å².